The fourth-order valence-electron chi connectivity index (χ4n) is 3.59. The molecule has 1 aromatic carbocycles. The first kappa shape index (κ1) is 14.6. The van der Waals surface area contributed by atoms with Crippen LogP contribution in [-0.2, 0) is 6.42 Å². The summed E-state index contributed by atoms with van der Waals surface area (Å²) in [5.41, 5.74) is 6.34. The Morgan fingerprint density at radius 2 is 1.62 bits per heavy atom. The molecule has 4 aromatic rings. The molecular formula is C20H17NO3. The number of hydrogen-bond acceptors (Lipinski definition) is 3. The van der Waals surface area contributed by atoms with Crippen LogP contribution >= 0.6 is 0 Å². The molecule has 0 saturated carbocycles. The Hall–Kier alpha value is -3.01. The summed E-state index contributed by atoms with van der Waals surface area (Å²) in [6.45, 7) is 3.61. The van der Waals surface area contributed by atoms with Gasteiger partial charge in [-0.1, -0.05) is 19.1 Å². The van der Waals surface area contributed by atoms with Crippen LogP contribution in [0.3, 0.4) is 0 Å². The maximum absolute atomic E-state index is 12.0. The van der Waals surface area contributed by atoms with Gasteiger partial charge in [0.1, 0.15) is 11.5 Å². The Morgan fingerprint density at radius 3 is 2.25 bits per heavy atom. The number of rotatable bonds is 3. The van der Waals surface area contributed by atoms with E-state index < -0.39 is 0 Å². The van der Waals surface area contributed by atoms with Crippen LogP contribution in [0.15, 0.2) is 42.5 Å². The van der Waals surface area contributed by atoms with Gasteiger partial charge in [0.2, 0.25) is 0 Å². The summed E-state index contributed by atoms with van der Waals surface area (Å²) < 4.78 is 2.04. The summed E-state index contributed by atoms with van der Waals surface area (Å²) in [5.74, 6) is 0.346. The molecule has 4 heteroatoms. The van der Waals surface area contributed by atoms with Gasteiger partial charge < -0.3 is 14.6 Å². The smallest absolute Gasteiger partial charge is 0.161 e. The predicted molar refractivity (Wildman–Crippen MR) is 94.2 cm³/mol. The van der Waals surface area contributed by atoms with E-state index >= 15 is 0 Å². The number of pyridine rings is 1. The van der Waals surface area contributed by atoms with Gasteiger partial charge in [0.05, 0.1) is 16.6 Å². The average molecular weight is 319 g/mol. The van der Waals surface area contributed by atoms with Crippen molar-refractivity contribution in [2.45, 2.75) is 20.3 Å². The molecule has 0 spiro atoms. The lowest BCUT2D eigenvalue weighted by molar-refractivity contribution is 0.101. The minimum atomic E-state index is -0.0275. The number of phenols is 1. The molecule has 24 heavy (non-hydrogen) atoms. The SMILES string of the molecule is CCc1c(-c2ccc(O)cc2)c2cc(C(C)=O)c3cc(O)cc1n32. The van der Waals surface area contributed by atoms with Crippen LogP contribution in [0.1, 0.15) is 29.8 Å². The molecule has 0 radical (unpaired) electrons. The molecule has 0 aliphatic rings. The largest absolute Gasteiger partial charge is 0.508 e. The number of carbonyl (C=O) groups is 1. The minimum Gasteiger partial charge on any atom is -0.508 e. The number of carbonyl (C=O) groups excluding carboxylic acids is 1. The van der Waals surface area contributed by atoms with E-state index in [1.807, 2.05) is 22.6 Å². The van der Waals surface area contributed by atoms with Gasteiger partial charge in [0.15, 0.2) is 5.78 Å². The average Bonchev–Trinajstić information content (AvgIpc) is 3.06. The van der Waals surface area contributed by atoms with Crippen LogP contribution in [-0.4, -0.2) is 20.4 Å². The number of aromatic hydroxyl groups is 2. The van der Waals surface area contributed by atoms with E-state index in [2.05, 4.69) is 6.92 Å². The summed E-state index contributed by atoms with van der Waals surface area (Å²) in [6.07, 6.45) is 0.797. The Balaban J connectivity index is 2.18. The Kier molecular flexibility index (Phi) is 3.03. The van der Waals surface area contributed by atoms with Crippen molar-refractivity contribution in [2.75, 3.05) is 0 Å². The summed E-state index contributed by atoms with van der Waals surface area (Å²) >= 11 is 0. The summed E-state index contributed by atoms with van der Waals surface area (Å²) in [7, 11) is 0. The van der Waals surface area contributed by atoms with E-state index in [0.717, 1.165) is 39.7 Å². The van der Waals surface area contributed by atoms with E-state index in [-0.39, 0.29) is 17.3 Å². The molecule has 0 atom stereocenters. The molecule has 4 rings (SSSR count). The van der Waals surface area contributed by atoms with Gasteiger partial charge in [-0.3, -0.25) is 4.79 Å². The number of ketones is 1. The van der Waals surface area contributed by atoms with Crippen LogP contribution in [0.25, 0.3) is 27.7 Å². The molecule has 3 heterocycles. The van der Waals surface area contributed by atoms with Gasteiger partial charge in [-0.2, -0.15) is 0 Å². The van der Waals surface area contributed by atoms with E-state index in [0.29, 0.717) is 5.56 Å². The van der Waals surface area contributed by atoms with Crippen molar-refractivity contribution in [3.8, 4) is 22.6 Å². The second-order valence-corrected chi connectivity index (χ2v) is 6.07. The zero-order valence-electron chi connectivity index (χ0n) is 13.5. The van der Waals surface area contributed by atoms with Crippen LogP contribution in [0, 0.1) is 0 Å². The van der Waals surface area contributed by atoms with Crippen molar-refractivity contribution in [1.82, 2.24) is 4.40 Å². The first-order valence-electron chi connectivity index (χ1n) is 7.94. The Bertz CT molecular complexity index is 1070. The molecule has 120 valence electrons. The Labute approximate surface area is 138 Å². The lowest BCUT2D eigenvalue weighted by Gasteiger charge is -2.05. The third-order valence-electron chi connectivity index (χ3n) is 4.60. The lowest BCUT2D eigenvalue weighted by Crippen LogP contribution is -1.92. The van der Waals surface area contributed by atoms with E-state index in [4.69, 9.17) is 0 Å². The maximum Gasteiger partial charge on any atom is 0.161 e. The topological polar surface area (TPSA) is 61.9 Å². The highest BCUT2D eigenvalue weighted by molar-refractivity contribution is 6.08. The molecule has 0 aliphatic heterocycles. The monoisotopic (exact) mass is 319 g/mol. The zero-order valence-corrected chi connectivity index (χ0v) is 13.5. The number of Topliss-reactive ketones (excluding diaryl/α,β-unsaturated/α-hetero) is 1. The fourth-order valence-corrected chi connectivity index (χ4v) is 3.59. The maximum atomic E-state index is 12.0. The molecule has 4 nitrogen and oxygen atoms in total. The van der Waals surface area contributed by atoms with Crippen molar-refractivity contribution in [3.63, 3.8) is 0 Å². The van der Waals surface area contributed by atoms with Crippen LogP contribution in [0.2, 0.25) is 0 Å². The van der Waals surface area contributed by atoms with Crippen molar-refractivity contribution in [2.24, 2.45) is 0 Å². The molecular weight excluding hydrogens is 302 g/mol. The van der Waals surface area contributed by atoms with Crippen LogP contribution < -0.4 is 0 Å². The van der Waals surface area contributed by atoms with Crippen molar-refractivity contribution < 1.29 is 15.0 Å². The lowest BCUT2D eigenvalue weighted by atomic mass is 9.99. The Morgan fingerprint density at radius 1 is 0.958 bits per heavy atom. The van der Waals surface area contributed by atoms with Crippen molar-refractivity contribution in [3.05, 3.63) is 53.6 Å². The van der Waals surface area contributed by atoms with Crippen molar-refractivity contribution in [1.29, 1.82) is 0 Å². The third-order valence-corrected chi connectivity index (χ3v) is 4.60. The number of aryl methyl sites for hydroxylation is 1. The standard InChI is InChI=1S/C20H17NO3/c1-3-15-17-8-14(24)9-18-16(11(2)22)10-19(21(17)18)20(15)12-4-6-13(23)7-5-12/h4-10,23-24H,3H2,1-2H3. The number of hydrogen-bond donors (Lipinski definition) is 2. The molecule has 0 saturated heterocycles. The molecule has 3 aromatic heterocycles. The number of nitrogens with zero attached hydrogens (tertiary/aromatic N) is 1. The van der Waals surface area contributed by atoms with E-state index in [1.54, 1.807) is 24.3 Å². The van der Waals surface area contributed by atoms with E-state index in [9.17, 15) is 15.0 Å². The van der Waals surface area contributed by atoms with Gasteiger partial charge in [-0.15, -0.1) is 0 Å². The molecule has 0 bridgehead atoms. The second kappa shape index (κ2) is 4.99. The summed E-state index contributed by atoms with van der Waals surface area (Å²) in [5, 5.41) is 19.7. The second-order valence-electron chi connectivity index (χ2n) is 6.07. The number of benzene rings is 1. The fraction of sp³-hybridized carbons (Fsp3) is 0.150. The minimum absolute atomic E-state index is 0.0275. The highest BCUT2D eigenvalue weighted by atomic mass is 16.3. The van der Waals surface area contributed by atoms with Gasteiger partial charge in [-0.05, 0) is 42.7 Å². The summed E-state index contributed by atoms with van der Waals surface area (Å²) in [6, 6.07) is 12.3. The zero-order chi connectivity index (χ0) is 17.0. The van der Waals surface area contributed by atoms with Gasteiger partial charge in [0, 0.05) is 23.3 Å². The van der Waals surface area contributed by atoms with E-state index in [1.165, 1.54) is 6.92 Å². The first-order valence-corrected chi connectivity index (χ1v) is 7.94. The molecule has 0 unspecified atom stereocenters. The summed E-state index contributed by atoms with van der Waals surface area (Å²) in [4.78, 5) is 12.0. The highest BCUT2D eigenvalue weighted by Crippen LogP contribution is 2.40. The van der Waals surface area contributed by atoms with Gasteiger partial charge >= 0.3 is 0 Å². The van der Waals surface area contributed by atoms with Crippen LogP contribution in [0.4, 0.5) is 0 Å². The number of phenolic OH excluding ortho intramolecular Hbond substituents is 1. The van der Waals surface area contributed by atoms with Gasteiger partial charge in [0.25, 0.3) is 0 Å². The molecule has 0 amide bonds. The first-order chi connectivity index (χ1) is 11.5. The normalized spacial score (nSPS) is 11.6. The highest BCUT2D eigenvalue weighted by Gasteiger charge is 2.22. The van der Waals surface area contributed by atoms with Crippen LogP contribution in [0.5, 0.6) is 11.5 Å². The third kappa shape index (κ3) is 1.89. The quantitative estimate of drug-likeness (QED) is 0.551. The molecule has 2 N–H and O–H groups in total. The van der Waals surface area contributed by atoms with Gasteiger partial charge in [-0.25, -0.2) is 0 Å². The van der Waals surface area contributed by atoms with Crippen molar-refractivity contribution >= 4 is 22.3 Å². The molecule has 0 aliphatic carbocycles. The predicted octanol–water partition coefficient (Wildman–Crippen LogP) is 4.37. The molecule has 0 fully saturated rings. The number of aromatic nitrogens is 1.